The summed E-state index contributed by atoms with van der Waals surface area (Å²) in [5.74, 6) is 0.825. The molecule has 0 aliphatic rings. The first-order valence-corrected chi connectivity index (χ1v) is 7.43. The highest BCUT2D eigenvalue weighted by atomic mass is 35.5. The molecule has 0 amide bonds. The van der Waals surface area contributed by atoms with E-state index in [0.29, 0.717) is 32.8 Å². The highest BCUT2D eigenvalue weighted by molar-refractivity contribution is 6.37. The first-order chi connectivity index (χ1) is 11.6. The molecule has 2 rings (SSSR count). The molecule has 0 aliphatic carbocycles. The normalized spacial score (nSPS) is 11.0. The Morgan fingerprint density at radius 2 is 1.92 bits per heavy atom. The van der Waals surface area contributed by atoms with E-state index >= 15 is 0 Å². The van der Waals surface area contributed by atoms with E-state index in [0.717, 1.165) is 0 Å². The van der Waals surface area contributed by atoms with Crippen LogP contribution in [0.2, 0.25) is 10.0 Å². The van der Waals surface area contributed by atoms with Crippen molar-refractivity contribution in [2.75, 3.05) is 21.0 Å². The first kappa shape index (κ1) is 18.0. The fraction of sp³-hybridized carbons (Fsp3) is 0.188. The third-order valence-corrected chi connectivity index (χ3v) is 3.56. The molecule has 0 N–H and O–H groups in total. The molecule has 0 bridgehead atoms. The lowest BCUT2D eigenvalue weighted by Gasteiger charge is -2.11. The Hall–Kier alpha value is -2.33. The summed E-state index contributed by atoms with van der Waals surface area (Å²) in [5.41, 5.74) is 1.13. The fourth-order valence-electron chi connectivity index (χ4n) is 1.83. The number of aromatic nitrogens is 2. The molecular weight excluding hydrogens is 353 g/mol. The Labute approximate surface area is 149 Å². The maximum absolute atomic E-state index is 9.46. The van der Waals surface area contributed by atoms with Crippen molar-refractivity contribution in [3.8, 4) is 17.6 Å². The number of rotatable bonds is 6. The van der Waals surface area contributed by atoms with Gasteiger partial charge < -0.3 is 14.2 Å². The summed E-state index contributed by atoms with van der Waals surface area (Å²) >= 11 is 12.2. The third kappa shape index (κ3) is 4.15. The number of pyridine rings is 2. The summed E-state index contributed by atoms with van der Waals surface area (Å²) in [4.78, 5) is 8.09. The molecule has 2 aromatic rings. The molecule has 2 heterocycles. The monoisotopic (exact) mass is 365 g/mol. The molecule has 0 aromatic carbocycles. The molecule has 24 heavy (non-hydrogen) atoms. The fourth-order valence-corrected chi connectivity index (χ4v) is 2.30. The van der Waals surface area contributed by atoms with Gasteiger partial charge in [-0.1, -0.05) is 23.2 Å². The van der Waals surface area contributed by atoms with Gasteiger partial charge in [0.05, 0.1) is 34.6 Å². The van der Waals surface area contributed by atoms with Gasteiger partial charge in [0.1, 0.15) is 6.07 Å². The van der Waals surface area contributed by atoms with Crippen molar-refractivity contribution >= 4 is 34.9 Å². The van der Waals surface area contributed by atoms with Crippen molar-refractivity contribution in [1.29, 1.82) is 5.26 Å². The van der Waals surface area contributed by atoms with Crippen LogP contribution in [0.1, 0.15) is 11.3 Å². The molecule has 6 nitrogen and oxygen atoms in total. The lowest BCUT2D eigenvalue weighted by Crippen LogP contribution is -2.02. The van der Waals surface area contributed by atoms with Crippen LogP contribution < -0.4 is 9.47 Å². The van der Waals surface area contributed by atoms with Crippen LogP contribution >= 0.6 is 23.2 Å². The summed E-state index contributed by atoms with van der Waals surface area (Å²) in [6, 6.07) is 3.65. The van der Waals surface area contributed by atoms with Crippen molar-refractivity contribution in [2.45, 2.75) is 0 Å². The zero-order valence-corrected chi connectivity index (χ0v) is 14.4. The summed E-state index contributed by atoms with van der Waals surface area (Å²) in [6.45, 7) is 0.0351. The third-order valence-electron chi connectivity index (χ3n) is 2.96. The van der Waals surface area contributed by atoms with Crippen molar-refractivity contribution < 1.29 is 14.2 Å². The van der Waals surface area contributed by atoms with Crippen molar-refractivity contribution in [3.63, 3.8) is 0 Å². The quantitative estimate of drug-likeness (QED) is 0.571. The second-order valence-corrected chi connectivity index (χ2v) is 5.27. The van der Waals surface area contributed by atoms with Gasteiger partial charge in [-0.15, -0.1) is 0 Å². The number of allylic oxidation sites excluding steroid dienone is 1. The number of nitriles is 1. The number of ether oxygens (including phenoxy) is 3. The number of halogens is 2. The Kier molecular flexibility index (Phi) is 6.38. The lowest BCUT2D eigenvalue weighted by molar-refractivity contribution is 0.0490. The molecule has 0 atom stereocenters. The minimum atomic E-state index is 0.0351. The summed E-state index contributed by atoms with van der Waals surface area (Å²) in [6.07, 6.45) is 5.90. The predicted molar refractivity (Wildman–Crippen MR) is 91.0 cm³/mol. The van der Waals surface area contributed by atoms with E-state index in [4.69, 9.17) is 37.4 Å². The van der Waals surface area contributed by atoms with Crippen LogP contribution in [0.4, 0.5) is 0 Å². The van der Waals surface area contributed by atoms with E-state index in [2.05, 4.69) is 16.0 Å². The average molecular weight is 366 g/mol. The molecular formula is C16H13Cl2N3O3. The second kappa shape index (κ2) is 8.50. The van der Waals surface area contributed by atoms with Gasteiger partial charge in [0.25, 0.3) is 0 Å². The Morgan fingerprint density at radius 1 is 1.21 bits per heavy atom. The zero-order valence-electron chi connectivity index (χ0n) is 12.9. The van der Waals surface area contributed by atoms with Crippen LogP contribution in [0.5, 0.6) is 11.5 Å². The van der Waals surface area contributed by atoms with E-state index < -0.39 is 0 Å². The summed E-state index contributed by atoms with van der Waals surface area (Å²) < 4.78 is 15.5. The Bertz CT molecular complexity index is 783. The van der Waals surface area contributed by atoms with E-state index in [1.165, 1.54) is 32.8 Å². The van der Waals surface area contributed by atoms with Gasteiger partial charge in [-0.05, 0) is 6.08 Å². The molecule has 8 heteroatoms. The van der Waals surface area contributed by atoms with Gasteiger partial charge in [-0.25, -0.2) is 0 Å². The number of nitrogens with zero attached hydrogens (tertiary/aromatic N) is 3. The molecule has 0 unspecified atom stereocenters. The molecule has 124 valence electrons. The zero-order chi connectivity index (χ0) is 17.5. The van der Waals surface area contributed by atoms with E-state index in [1.807, 2.05) is 0 Å². The molecule has 0 saturated heterocycles. The van der Waals surface area contributed by atoms with Gasteiger partial charge in [-0.2, -0.15) is 5.26 Å². The second-order valence-electron chi connectivity index (χ2n) is 4.46. The number of methoxy groups -OCH3 is 2. The maximum atomic E-state index is 9.46. The van der Waals surface area contributed by atoms with Crippen LogP contribution in [0.15, 0.2) is 24.7 Å². The Balaban J connectivity index is 2.48. The maximum Gasteiger partial charge on any atom is 0.188 e. The summed E-state index contributed by atoms with van der Waals surface area (Å²) in [7, 11) is 3.00. The van der Waals surface area contributed by atoms with Crippen LogP contribution in [0.3, 0.4) is 0 Å². The van der Waals surface area contributed by atoms with E-state index in [9.17, 15) is 5.26 Å². The van der Waals surface area contributed by atoms with Crippen LogP contribution in [0.25, 0.3) is 11.6 Å². The number of hydrogen-bond acceptors (Lipinski definition) is 6. The molecule has 2 aromatic heterocycles. The van der Waals surface area contributed by atoms with Crippen molar-refractivity contribution in [3.05, 3.63) is 46.0 Å². The van der Waals surface area contributed by atoms with Gasteiger partial charge >= 0.3 is 0 Å². The van der Waals surface area contributed by atoms with E-state index in [1.54, 1.807) is 12.1 Å². The van der Waals surface area contributed by atoms with Gasteiger partial charge in [0, 0.05) is 31.1 Å². The molecule has 0 radical (unpaired) electrons. The molecule has 0 saturated carbocycles. The standard InChI is InChI=1S/C16H13Cl2N3O3/c1-22-9-24-15-4-14(21-8-16(15)23-2)10(5-19)3-11-12(17)6-20-7-13(11)18/h3-4,6-8H,9H2,1-2H3/b10-3+. The van der Waals surface area contributed by atoms with Gasteiger partial charge in [0.15, 0.2) is 18.3 Å². The minimum absolute atomic E-state index is 0.0351. The van der Waals surface area contributed by atoms with Crippen molar-refractivity contribution in [1.82, 2.24) is 9.97 Å². The SMILES string of the molecule is COCOc1cc(/C(C#N)=C/c2c(Cl)cncc2Cl)ncc1OC. The van der Waals surface area contributed by atoms with Crippen LogP contribution in [-0.4, -0.2) is 31.0 Å². The number of hydrogen-bond donors (Lipinski definition) is 0. The van der Waals surface area contributed by atoms with Gasteiger partial charge in [0.2, 0.25) is 0 Å². The topological polar surface area (TPSA) is 77.3 Å². The predicted octanol–water partition coefficient (Wildman–Crippen LogP) is 3.84. The average Bonchev–Trinajstić information content (AvgIpc) is 2.59. The molecule has 0 spiro atoms. The largest absolute Gasteiger partial charge is 0.491 e. The highest BCUT2D eigenvalue weighted by Gasteiger charge is 2.12. The first-order valence-electron chi connectivity index (χ1n) is 6.67. The van der Waals surface area contributed by atoms with Crippen LogP contribution in [0, 0.1) is 11.3 Å². The smallest absolute Gasteiger partial charge is 0.188 e. The minimum Gasteiger partial charge on any atom is -0.491 e. The summed E-state index contributed by atoms with van der Waals surface area (Å²) in [5, 5.41) is 10.1. The highest BCUT2D eigenvalue weighted by Crippen LogP contribution is 2.31. The molecule has 0 aliphatic heterocycles. The van der Waals surface area contributed by atoms with Gasteiger partial charge in [-0.3, -0.25) is 9.97 Å². The van der Waals surface area contributed by atoms with Crippen molar-refractivity contribution in [2.24, 2.45) is 0 Å². The van der Waals surface area contributed by atoms with Crippen LogP contribution in [-0.2, 0) is 4.74 Å². The molecule has 0 fully saturated rings. The Morgan fingerprint density at radius 3 is 2.50 bits per heavy atom. The lowest BCUT2D eigenvalue weighted by atomic mass is 10.1. The van der Waals surface area contributed by atoms with E-state index in [-0.39, 0.29) is 12.4 Å².